The van der Waals surface area contributed by atoms with E-state index in [9.17, 15) is 0 Å². The molecule has 20 heavy (non-hydrogen) atoms. The fourth-order valence-corrected chi connectivity index (χ4v) is 2.36. The Morgan fingerprint density at radius 2 is 1.90 bits per heavy atom. The van der Waals surface area contributed by atoms with Crippen molar-refractivity contribution in [3.05, 3.63) is 58.9 Å². The van der Waals surface area contributed by atoms with Crippen LogP contribution in [-0.2, 0) is 0 Å². The van der Waals surface area contributed by atoms with Crippen molar-refractivity contribution in [2.24, 2.45) is 0 Å². The Hall–Kier alpha value is -1.58. The molecule has 2 aromatic rings. The lowest BCUT2D eigenvalue weighted by atomic mass is 10.0. The van der Waals surface area contributed by atoms with Crippen molar-refractivity contribution < 1.29 is 4.74 Å². The van der Waals surface area contributed by atoms with Crippen molar-refractivity contribution in [3.63, 3.8) is 0 Å². The lowest BCUT2D eigenvalue weighted by molar-refractivity contribution is 0.238. The Labute approximate surface area is 124 Å². The Kier molecular flexibility index (Phi) is 4.99. The first-order chi connectivity index (χ1) is 9.63. The molecular weight excluding hydrogens is 272 g/mol. The number of nitrogens with zero attached hydrogens (tertiary/aromatic N) is 1. The third-order valence-corrected chi connectivity index (χ3v) is 3.26. The van der Waals surface area contributed by atoms with E-state index in [-0.39, 0.29) is 12.1 Å². The van der Waals surface area contributed by atoms with Gasteiger partial charge in [0.1, 0.15) is 5.75 Å². The number of nitrogens with one attached hydrogen (secondary N) is 1. The van der Waals surface area contributed by atoms with Crippen molar-refractivity contribution in [2.75, 3.05) is 7.05 Å². The molecule has 3 nitrogen and oxygen atoms in total. The predicted molar refractivity (Wildman–Crippen MR) is 82.4 cm³/mol. The van der Waals surface area contributed by atoms with E-state index in [2.05, 4.69) is 10.3 Å². The van der Waals surface area contributed by atoms with Crippen molar-refractivity contribution in [1.82, 2.24) is 10.3 Å². The number of rotatable bonds is 5. The molecule has 0 bridgehead atoms. The number of ether oxygens (including phenoxy) is 1. The van der Waals surface area contributed by atoms with Crippen molar-refractivity contribution in [1.29, 1.82) is 0 Å². The van der Waals surface area contributed by atoms with Crippen LogP contribution in [0.2, 0.25) is 5.02 Å². The second-order valence-corrected chi connectivity index (χ2v) is 5.20. The highest BCUT2D eigenvalue weighted by Crippen LogP contribution is 2.32. The van der Waals surface area contributed by atoms with Crippen LogP contribution in [0.15, 0.2) is 42.6 Å². The minimum Gasteiger partial charge on any atom is -0.491 e. The number of pyridine rings is 1. The molecule has 0 saturated heterocycles. The normalized spacial score (nSPS) is 12.4. The van der Waals surface area contributed by atoms with Gasteiger partial charge in [0.05, 0.1) is 22.9 Å². The number of aromatic nitrogens is 1. The highest BCUT2D eigenvalue weighted by Gasteiger charge is 2.20. The van der Waals surface area contributed by atoms with Gasteiger partial charge >= 0.3 is 0 Å². The van der Waals surface area contributed by atoms with E-state index >= 15 is 0 Å². The van der Waals surface area contributed by atoms with Gasteiger partial charge < -0.3 is 10.1 Å². The van der Waals surface area contributed by atoms with Gasteiger partial charge in [0, 0.05) is 11.8 Å². The molecule has 0 saturated carbocycles. The highest BCUT2D eigenvalue weighted by atomic mass is 35.5. The minimum atomic E-state index is -0.0985. The van der Waals surface area contributed by atoms with E-state index in [0.717, 1.165) is 17.0 Å². The van der Waals surface area contributed by atoms with Crippen molar-refractivity contribution in [3.8, 4) is 5.75 Å². The molecule has 0 amide bonds. The Balaban J connectivity index is 2.45. The van der Waals surface area contributed by atoms with Crippen LogP contribution in [-0.4, -0.2) is 18.1 Å². The zero-order valence-corrected chi connectivity index (χ0v) is 12.7. The summed E-state index contributed by atoms with van der Waals surface area (Å²) in [6.07, 6.45) is 1.87. The van der Waals surface area contributed by atoms with Crippen LogP contribution in [0.3, 0.4) is 0 Å². The van der Waals surface area contributed by atoms with Crippen LogP contribution in [0.5, 0.6) is 5.75 Å². The molecule has 4 heteroatoms. The van der Waals surface area contributed by atoms with Crippen LogP contribution in [0.25, 0.3) is 0 Å². The van der Waals surface area contributed by atoms with E-state index in [4.69, 9.17) is 16.3 Å². The number of hydrogen-bond acceptors (Lipinski definition) is 3. The van der Waals surface area contributed by atoms with Gasteiger partial charge in [-0.25, -0.2) is 0 Å². The average molecular weight is 291 g/mol. The van der Waals surface area contributed by atoms with Gasteiger partial charge in [-0.05, 0) is 39.1 Å². The van der Waals surface area contributed by atoms with Crippen molar-refractivity contribution in [2.45, 2.75) is 26.0 Å². The minimum absolute atomic E-state index is 0.0985. The summed E-state index contributed by atoms with van der Waals surface area (Å²) in [5, 5.41) is 3.91. The van der Waals surface area contributed by atoms with E-state index in [1.54, 1.807) is 6.20 Å². The zero-order valence-electron chi connectivity index (χ0n) is 11.9. The van der Waals surface area contributed by atoms with E-state index in [0.29, 0.717) is 5.02 Å². The molecule has 0 aliphatic rings. The molecule has 1 heterocycles. The lowest BCUT2D eigenvalue weighted by Crippen LogP contribution is -2.21. The van der Waals surface area contributed by atoms with E-state index in [1.165, 1.54) is 0 Å². The van der Waals surface area contributed by atoms with Gasteiger partial charge in [0.25, 0.3) is 0 Å². The maximum absolute atomic E-state index is 6.26. The summed E-state index contributed by atoms with van der Waals surface area (Å²) in [5.74, 6) is 0.851. The number of benzene rings is 1. The summed E-state index contributed by atoms with van der Waals surface area (Å²) >= 11 is 6.26. The molecule has 0 fully saturated rings. The molecule has 106 valence electrons. The molecule has 0 aliphatic carbocycles. The van der Waals surface area contributed by atoms with Crippen LogP contribution in [0.4, 0.5) is 0 Å². The zero-order chi connectivity index (χ0) is 14.5. The first-order valence-corrected chi connectivity index (χ1v) is 7.04. The lowest BCUT2D eigenvalue weighted by Gasteiger charge is -2.21. The largest absolute Gasteiger partial charge is 0.491 e. The summed E-state index contributed by atoms with van der Waals surface area (Å²) in [4.78, 5) is 4.40. The Bertz CT molecular complexity index is 572. The van der Waals surface area contributed by atoms with Crippen molar-refractivity contribution >= 4 is 11.6 Å². The summed E-state index contributed by atoms with van der Waals surface area (Å²) in [7, 11) is 1.89. The molecule has 0 radical (unpaired) electrons. The van der Waals surface area contributed by atoms with E-state index in [1.807, 2.05) is 57.3 Å². The number of halogens is 1. The predicted octanol–water partition coefficient (Wildman–Crippen LogP) is 3.83. The Morgan fingerprint density at radius 3 is 2.55 bits per heavy atom. The fourth-order valence-electron chi connectivity index (χ4n) is 2.13. The van der Waals surface area contributed by atoms with Crippen LogP contribution in [0, 0.1) is 0 Å². The second kappa shape index (κ2) is 6.73. The molecule has 0 aliphatic heterocycles. The molecule has 1 unspecified atom stereocenters. The van der Waals surface area contributed by atoms with Gasteiger partial charge in [-0.3, -0.25) is 4.98 Å². The first kappa shape index (κ1) is 14.8. The monoisotopic (exact) mass is 290 g/mol. The van der Waals surface area contributed by atoms with Gasteiger partial charge in [-0.1, -0.05) is 29.8 Å². The highest BCUT2D eigenvalue weighted by molar-refractivity contribution is 6.31. The molecule has 0 spiro atoms. The van der Waals surface area contributed by atoms with E-state index < -0.39 is 0 Å². The molecule has 1 atom stereocenters. The summed E-state index contributed by atoms with van der Waals surface area (Å²) in [5.41, 5.74) is 1.83. The molecule has 1 aromatic heterocycles. The number of para-hydroxylation sites is 1. The quantitative estimate of drug-likeness (QED) is 0.909. The Morgan fingerprint density at radius 1 is 1.15 bits per heavy atom. The summed E-state index contributed by atoms with van der Waals surface area (Å²) < 4.78 is 5.88. The van der Waals surface area contributed by atoms with Gasteiger partial charge in [0.15, 0.2) is 0 Å². The van der Waals surface area contributed by atoms with Crippen LogP contribution < -0.4 is 10.1 Å². The summed E-state index contributed by atoms with van der Waals surface area (Å²) in [6.45, 7) is 4.03. The molecule has 1 N–H and O–H groups in total. The maximum Gasteiger partial charge on any atom is 0.124 e. The average Bonchev–Trinajstić information content (AvgIpc) is 2.43. The van der Waals surface area contributed by atoms with Crippen LogP contribution in [0.1, 0.15) is 31.1 Å². The smallest absolute Gasteiger partial charge is 0.124 e. The van der Waals surface area contributed by atoms with Gasteiger partial charge in [-0.15, -0.1) is 0 Å². The van der Waals surface area contributed by atoms with Gasteiger partial charge in [0.2, 0.25) is 0 Å². The molecule has 2 rings (SSSR count). The fraction of sp³-hybridized carbons (Fsp3) is 0.312. The summed E-state index contributed by atoms with van der Waals surface area (Å²) in [6, 6.07) is 11.5. The molecule has 1 aromatic carbocycles. The second-order valence-electron chi connectivity index (χ2n) is 4.80. The standard InChI is InChI=1S/C16H19ClN2O/c1-11(2)20-14-9-5-4-7-12(14)15(18-3)16-13(17)8-6-10-19-16/h4-11,15,18H,1-3H3. The SMILES string of the molecule is CNC(c1ccccc1OC(C)C)c1ncccc1Cl. The third-order valence-electron chi connectivity index (χ3n) is 2.94. The maximum atomic E-state index is 6.26. The topological polar surface area (TPSA) is 34.1 Å². The first-order valence-electron chi connectivity index (χ1n) is 6.66. The third kappa shape index (κ3) is 3.30. The molecular formula is C16H19ClN2O. The van der Waals surface area contributed by atoms with Gasteiger partial charge in [-0.2, -0.15) is 0 Å². The van der Waals surface area contributed by atoms with Crippen LogP contribution >= 0.6 is 11.6 Å². The number of hydrogen-bond donors (Lipinski definition) is 1.